The molecule has 1 unspecified atom stereocenters. The normalized spacial score (nSPS) is 12.2. The second-order valence-corrected chi connectivity index (χ2v) is 8.85. The molecule has 1 atom stereocenters. The summed E-state index contributed by atoms with van der Waals surface area (Å²) < 4.78 is 3.56. The van der Waals surface area contributed by atoms with Crippen LogP contribution in [0.3, 0.4) is 0 Å². The molecule has 0 radical (unpaired) electrons. The number of rotatable bonds is 7. The van der Waals surface area contributed by atoms with Gasteiger partial charge in [0, 0.05) is 12.8 Å². The van der Waals surface area contributed by atoms with Gasteiger partial charge in [-0.25, -0.2) is 0 Å². The lowest BCUT2D eigenvalue weighted by Crippen LogP contribution is -2.27. The van der Waals surface area contributed by atoms with Gasteiger partial charge < -0.3 is 5.32 Å². The van der Waals surface area contributed by atoms with Gasteiger partial charge in [-0.2, -0.15) is 0 Å². The minimum absolute atomic E-state index is 0.0598. The minimum atomic E-state index is -0.109. The molecule has 2 heterocycles. The van der Waals surface area contributed by atoms with Crippen molar-refractivity contribution in [2.24, 2.45) is 0 Å². The maximum atomic E-state index is 13.4. The van der Waals surface area contributed by atoms with Crippen LogP contribution < -0.4 is 10.9 Å². The Balaban J connectivity index is 1.45. The van der Waals surface area contributed by atoms with Crippen LogP contribution in [-0.2, 0) is 17.8 Å². The van der Waals surface area contributed by atoms with Gasteiger partial charge in [0.05, 0.1) is 23.5 Å². The standard InChI is InChI=1S/C28H27N5O2/c1-19-12-14-21(15-13-19)18-32-27(35)23-10-6-7-11-24(23)33-25(30-31-28(32)33)16-17-26(34)29-20(2)22-8-4-3-5-9-22/h3-15,20H,16-18H2,1-2H3,(H,29,34). The highest BCUT2D eigenvalue weighted by Crippen LogP contribution is 2.17. The number of hydrogen-bond donors (Lipinski definition) is 1. The highest BCUT2D eigenvalue weighted by atomic mass is 16.1. The zero-order valence-corrected chi connectivity index (χ0v) is 19.8. The summed E-state index contributed by atoms with van der Waals surface area (Å²) in [5.74, 6) is 1.06. The van der Waals surface area contributed by atoms with Gasteiger partial charge in [0.15, 0.2) is 0 Å². The molecule has 0 aliphatic rings. The highest BCUT2D eigenvalue weighted by molar-refractivity contribution is 5.80. The van der Waals surface area contributed by atoms with Crippen molar-refractivity contribution in [1.82, 2.24) is 24.5 Å². The predicted octanol–water partition coefficient (Wildman–Crippen LogP) is 4.21. The van der Waals surface area contributed by atoms with Crippen molar-refractivity contribution >= 4 is 22.6 Å². The fourth-order valence-electron chi connectivity index (χ4n) is 4.36. The lowest BCUT2D eigenvalue weighted by atomic mass is 10.1. The zero-order chi connectivity index (χ0) is 24.4. The van der Waals surface area contributed by atoms with Crippen LogP contribution in [0.5, 0.6) is 0 Å². The van der Waals surface area contributed by atoms with Crippen molar-refractivity contribution in [2.45, 2.75) is 39.3 Å². The molecule has 3 aromatic carbocycles. The number of amides is 1. The number of benzene rings is 3. The molecule has 2 aromatic heterocycles. The maximum absolute atomic E-state index is 13.4. The van der Waals surface area contributed by atoms with Gasteiger partial charge in [-0.3, -0.25) is 18.6 Å². The maximum Gasteiger partial charge on any atom is 0.263 e. The average molecular weight is 466 g/mol. The van der Waals surface area contributed by atoms with Crippen LogP contribution in [0.2, 0.25) is 0 Å². The first-order valence-corrected chi connectivity index (χ1v) is 11.8. The summed E-state index contributed by atoms with van der Waals surface area (Å²) in [6.07, 6.45) is 0.671. The topological polar surface area (TPSA) is 81.3 Å². The lowest BCUT2D eigenvalue weighted by Gasteiger charge is -2.14. The molecule has 5 rings (SSSR count). The summed E-state index contributed by atoms with van der Waals surface area (Å²) >= 11 is 0. The number of carbonyl (C=O) groups excluding carboxylic acids is 1. The van der Waals surface area contributed by atoms with Crippen LogP contribution in [0.1, 0.15) is 41.9 Å². The molecular weight excluding hydrogens is 438 g/mol. The smallest absolute Gasteiger partial charge is 0.263 e. The Morgan fingerprint density at radius 2 is 1.66 bits per heavy atom. The molecule has 7 nitrogen and oxygen atoms in total. The zero-order valence-electron chi connectivity index (χ0n) is 19.8. The first-order valence-electron chi connectivity index (χ1n) is 11.8. The van der Waals surface area contributed by atoms with E-state index in [1.54, 1.807) is 4.57 Å². The van der Waals surface area contributed by atoms with E-state index in [0.717, 1.165) is 22.2 Å². The van der Waals surface area contributed by atoms with E-state index in [0.29, 0.717) is 30.0 Å². The van der Waals surface area contributed by atoms with E-state index >= 15 is 0 Å². The van der Waals surface area contributed by atoms with Crippen molar-refractivity contribution in [1.29, 1.82) is 0 Å². The van der Waals surface area contributed by atoms with Gasteiger partial charge in [-0.1, -0.05) is 72.3 Å². The van der Waals surface area contributed by atoms with E-state index in [4.69, 9.17) is 0 Å². The third kappa shape index (κ3) is 4.57. The minimum Gasteiger partial charge on any atom is -0.350 e. The van der Waals surface area contributed by atoms with Crippen LogP contribution in [0.4, 0.5) is 0 Å². The molecule has 1 amide bonds. The molecule has 0 spiro atoms. The Bertz CT molecular complexity index is 1550. The van der Waals surface area contributed by atoms with Crippen LogP contribution in [0.25, 0.3) is 16.7 Å². The first-order chi connectivity index (χ1) is 17.0. The number of nitrogens with one attached hydrogen (secondary N) is 1. The molecule has 1 N–H and O–H groups in total. The number of aryl methyl sites for hydroxylation is 2. The van der Waals surface area contributed by atoms with E-state index in [-0.39, 0.29) is 23.9 Å². The molecule has 0 aliphatic heterocycles. The average Bonchev–Trinajstić information content (AvgIpc) is 3.31. The van der Waals surface area contributed by atoms with Gasteiger partial charge in [-0.15, -0.1) is 10.2 Å². The third-order valence-electron chi connectivity index (χ3n) is 6.29. The summed E-state index contributed by atoms with van der Waals surface area (Å²) in [6.45, 7) is 4.39. The van der Waals surface area contributed by atoms with Crippen molar-refractivity contribution in [3.05, 3.63) is 112 Å². The fraction of sp³-hybridized carbons (Fsp3) is 0.214. The molecule has 0 bridgehead atoms. The van der Waals surface area contributed by atoms with Gasteiger partial charge in [0.2, 0.25) is 11.7 Å². The number of para-hydroxylation sites is 1. The summed E-state index contributed by atoms with van der Waals surface area (Å²) in [5.41, 5.74) is 3.86. The quantitative estimate of drug-likeness (QED) is 0.390. The Morgan fingerprint density at radius 3 is 2.43 bits per heavy atom. The van der Waals surface area contributed by atoms with Crippen molar-refractivity contribution in [3.8, 4) is 0 Å². The van der Waals surface area contributed by atoms with Crippen molar-refractivity contribution in [3.63, 3.8) is 0 Å². The van der Waals surface area contributed by atoms with E-state index in [1.165, 1.54) is 0 Å². The van der Waals surface area contributed by atoms with Crippen LogP contribution in [0, 0.1) is 6.92 Å². The van der Waals surface area contributed by atoms with Gasteiger partial charge >= 0.3 is 0 Å². The number of fused-ring (bicyclic) bond motifs is 3. The van der Waals surface area contributed by atoms with Crippen molar-refractivity contribution < 1.29 is 4.79 Å². The van der Waals surface area contributed by atoms with Gasteiger partial charge in [0.25, 0.3) is 5.56 Å². The predicted molar refractivity (Wildman–Crippen MR) is 136 cm³/mol. The number of carbonyl (C=O) groups is 1. The number of aromatic nitrogens is 4. The van der Waals surface area contributed by atoms with E-state index < -0.39 is 0 Å². The summed E-state index contributed by atoms with van der Waals surface area (Å²) in [7, 11) is 0. The monoisotopic (exact) mass is 465 g/mol. The number of hydrogen-bond acceptors (Lipinski definition) is 4. The second kappa shape index (κ2) is 9.54. The highest BCUT2D eigenvalue weighted by Gasteiger charge is 2.18. The second-order valence-electron chi connectivity index (χ2n) is 8.85. The molecular formula is C28H27N5O2. The molecule has 0 aliphatic carbocycles. The fourth-order valence-corrected chi connectivity index (χ4v) is 4.36. The van der Waals surface area contributed by atoms with Gasteiger partial charge in [0.1, 0.15) is 5.82 Å². The Morgan fingerprint density at radius 1 is 0.943 bits per heavy atom. The molecule has 0 saturated heterocycles. The molecule has 5 aromatic rings. The molecule has 7 heteroatoms. The Labute approximate surface area is 203 Å². The summed E-state index contributed by atoms with van der Waals surface area (Å²) in [4.78, 5) is 26.1. The lowest BCUT2D eigenvalue weighted by molar-refractivity contribution is -0.121. The van der Waals surface area contributed by atoms with Crippen molar-refractivity contribution in [2.75, 3.05) is 0 Å². The van der Waals surface area contributed by atoms with E-state index in [9.17, 15) is 9.59 Å². The van der Waals surface area contributed by atoms with E-state index in [1.807, 2.05) is 97.1 Å². The SMILES string of the molecule is Cc1ccc(Cn2c(=O)c3ccccc3n3c(CCC(=O)NC(C)c4ccccc4)nnc23)cc1. The largest absolute Gasteiger partial charge is 0.350 e. The summed E-state index contributed by atoms with van der Waals surface area (Å²) in [5, 5.41) is 12.4. The van der Waals surface area contributed by atoms with Gasteiger partial charge in [-0.05, 0) is 37.1 Å². The Kier molecular flexibility index (Phi) is 6.14. The Hall–Kier alpha value is -4.26. The van der Waals surface area contributed by atoms with E-state index in [2.05, 4.69) is 15.5 Å². The summed E-state index contributed by atoms with van der Waals surface area (Å²) in [6, 6.07) is 25.3. The van der Waals surface area contributed by atoms with Crippen LogP contribution in [-0.4, -0.2) is 25.1 Å². The number of nitrogens with zero attached hydrogens (tertiary/aromatic N) is 4. The molecule has 0 saturated carbocycles. The molecule has 0 fully saturated rings. The third-order valence-corrected chi connectivity index (χ3v) is 6.29. The van der Waals surface area contributed by atoms with Crippen LogP contribution >= 0.6 is 0 Å². The first kappa shape index (κ1) is 22.5. The van der Waals surface area contributed by atoms with Crippen LogP contribution in [0.15, 0.2) is 83.7 Å². The molecule has 35 heavy (non-hydrogen) atoms. The molecule has 176 valence electrons.